The molecule has 1 aromatic rings. The molecule has 0 aliphatic heterocycles. The van der Waals surface area contributed by atoms with Gasteiger partial charge in [-0.3, -0.25) is 9.48 Å². The van der Waals surface area contributed by atoms with Crippen molar-refractivity contribution in [2.24, 2.45) is 7.05 Å². The van der Waals surface area contributed by atoms with Crippen molar-refractivity contribution in [3.8, 4) is 0 Å². The number of carbonyl (C=O) groups excluding carboxylic acids is 1. The van der Waals surface area contributed by atoms with Crippen LogP contribution in [0.4, 0.5) is 0 Å². The first-order valence-electron chi connectivity index (χ1n) is 7.53. The monoisotopic (exact) mass is 329 g/mol. The van der Waals surface area contributed by atoms with E-state index in [1.165, 1.54) is 6.26 Å². The largest absolute Gasteiger partial charge is 0.339 e. The number of carbonyl (C=O) groups is 1. The molecule has 22 heavy (non-hydrogen) atoms. The predicted molar refractivity (Wildman–Crippen MR) is 87.6 cm³/mol. The zero-order valence-electron chi connectivity index (χ0n) is 14.4. The average Bonchev–Trinajstić information content (AvgIpc) is 2.60. The highest BCUT2D eigenvalue weighted by atomic mass is 32.2. The van der Waals surface area contributed by atoms with Crippen LogP contribution in [-0.2, 0) is 28.1 Å². The predicted octanol–water partition coefficient (Wildman–Crippen LogP) is 1.25. The maximum Gasteiger partial charge on any atom is 0.223 e. The van der Waals surface area contributed by atoms with Gasteiger partial charge in [0.1, 0.15) is 9.84 Å². The van der Waals surface area contributed by atoms with E-state index in [4.69, 9.17) is 0 Å². The Bertz CT molecular complexity index is 635. The van der Waals surface area contributed by atoms with Crippen LogP contribution in [0.1, 0.15) is 37.2 Å². The molecule has 1 amide bonds. The lowest BCUT2D eigenvalue weighted by Crippen LogP contribution is -2.42. The molecule has 1 aromatic heterocycles. The van der Waals surface area contributed by atoms with Crippen molar-refractivity contribution in [1.29, 1.82) is 0 Å². The molecule has 0 N–H and O–H groups in total. The van der Waals surface area contributed by atoms with Crippen molar-refractivity contribution in [3.63, 3.8) is 0 Å². The topological polar surface area (TPSA) is 72.3 Å². The summed E-state index contributed by atoms with van der Waals surface area (Å²) in [6, 6.07) is -0.302. The fourth-order valence-electron chi connectivity index (χ4n) is 2.82. The number of aromatic nitrogens is 2. The lowest BCUT2D eigenvalue weighted by molar-refractivity contribution is -0.132. The van der Waals surface area contributed by atoms with Crippen molar-refractivity contribution in [1.82, 2.24) is 14.7 Å². The van der Waals surface area contributed by atoms with Gasteiger partial charge < -0.3 is 4.90 Å². The number of nitrogens with zero attached hydrogens (tertiary/aromatic N) is 3. The maximum absolute atomic E-state index is 12.4. The molecule has 7 heteroatoms. The van der Waals surface area contributed by atoms with Gasteiger partial charge in [-0.2, -0.15) is 5.10 Å². The first-order valence-corrected chi connectivity index (χ1v) is 9.59. The molecule has 0 aromatic carbocycles. The number of rotatable bonds is 7. The van der Waals surface area contributed by atoms with E-state index in [0.29, 0.717) is 19.4 Å². The minimum absolute atomic E-state index is 0.00245. The third-order valence-electron chi connectivity index (χ3n) is 3.98. The molecule has 1 rings (SSSR count). The van der Waals surface area contributed by atoms with Crippen LogP contribution in [0.5, 0.6) is 0 Å². The first-order chi connectivity index (χ1) is 10.1. The van der Waals surface area contributed by atoms with Crippen LogP contribution in [0.15, 0.2) is 0 Å². The van der Waals surface area contributed by atoms with E-state index < -0.39 is 9.84 Å². The van der Waals surface area contributed by atoms with Gasteiger partial charge in [0.05, 0.1) is 11.4 Å². The summed E-state index contributed by atoms with van der Waals surface area (Å²) in [5, 5.41) is 4.35. The summed E-state index contributed by atoms with van der Waals surface area (Å²) in [6.45, 7) is 8.10. The Kier molecular flexibility index (Phi) is 6.17. The van der Waals surface area contributed by atoms with Crippen molar-refractivity contribution in [3.05, 3.63) is 17.0 Å². The standard InChI is InChI=1S/C15H27N3O3S/c1-7-18(11(2)10-22(6,20)21)15(19)9-8-14-12(3)16-17(5)13(14)4/h11H,7-10H2,1-6H3. The van der Waals surface area contributed by atoms with Gasteiger partial charge >= 0.3 is 0 Å². The third-order valence-corrected chi connectivity index (χ3v) is 5.07. The van der Waals surface area contributed by atoms with E-state index in [9.17, 15) is 13.2 Å². The van der Waals surface area contributed by atoms with Gasteiger partial charge in [0.2, 0.25) is 5.91 Å². The van der Waals surface area contributed by atoms with Crippen LogP contribution in [0, 0.1) is 13.8 Å². The highest BCUT2D eigenvalue weighted by Crippen LogP contribution is 2.15. The molecular weight excluding hydrogens is 302 g/mol. The summed E-state index contributed by atoms with van der Waals surface area (Å²) in [4.78, 5) is 14.0. The minimum Gasteiger partial charge on any atom is -0.339 e. The number of aryl methyl sites for hydroxylation is 2. The van der Waals surface area contributed by atoms with Crippen molar-refractivity contribution in [2.75, 3.05) is 18.6 Å². The average molecular weight is 329 g/mol. The Hall–Kier alpha value is -1.37. The summed E-state index contributed by atoms with van der Waals surface area (Å²) >= 11 is 0. The van der Waals surface area contributed by atoms with Gasteiger partial charge in [-0.25, -0.2) is 8.42 Å². The molecule has 0 fully saturated rings. The lowest BCUT2D eigenvalue weighted by Gasteiger charge is -2.27. The van der Waals surface area contributed by atoms with Crippen LogP contribution in [-0.4, -0.2) is 53.6 Å². The van der Waals surface area contributed by atoms with E-state index in [0.717, 1.165) is 17.0 Å². The van der Waals surface area contributed by atoms with E-state index in [2.05, 4.69) is 5.10 Å². The highest BCUT2D eigenvalue weighted by molar-refractivity contribution is 7.90. The minimum atomic E-state index is -3.10. The van der Waals surface area contributed by atoms with Crippen molar-refractivity contribution >= 4 is 15.7 Å². The molecule has 0 bridgehead atoms. The van der Waals surface area contributed by atoms with Crippen LogP contribution in [0.25, 0.3) is 0 Å². The molecule has 0 spiro atoms. The SMILES string of the molecule is CCN(C(=O)CCc1c(C)nn(C)c1C)C(C)CS(C)(=O)=O. The van der Waals surface area contributed by atoms with E-state index >= 15 is 0 Å². The molecule has 0 saturated heterocycles. The van der Waals surface area contributed by atoms with Gasteiger partial charge in [-0.1, -0.05) is 0 Å². The number of amides is 1. The van der Waals surface area contributed by atoms with Crippen molar-refractivity contribution < 1.29 is 13.2 Å². The molecule has 1 unspecified atom stereocenters. The Labute approximate surface area is 133 Å². The summed E-state index contributed by atoms with van der Waals surface area (Å²) in [5.41, 5.74) is 3.11. The third kappa shape index (κ3) is 4.83. The second-order valence-corrected chi connectivity index (χ2v) is 8.08. The summed E-state index contributed by atoms with van der Waals surface area (Å²) in [5.74, 6) is -0.0151. The van der Waals surface area contributed by atoms with Gasteiger partial charge in [0, 0.05) is 38.0 Å². The smallest absolute Gasteiger partial charge is 0.223 e. The second-order valence-electron chi connectivity index (χ2n) is 5.89. The molecule has 6 nitrogen and oxygen atoms in total. The summed E-state index contributed by atoms with van der Waals surface area (Å²) in [7, 11) is -1.21. The Morgan fingerprint density at radius 2 is 1.95 bits per heavy atom. The number of hydrogen-bond donors (Lipinski definition) is 0. The molecule has 0 aliphatic rings. The Balaban J connectivity index is 2.73. The lowest BCUT2D eigenvalue weighted by atomic mass is 10.1. The van der Waals surface area contributed by atoms with Gasteiger partial charge in [-0.05, 0) is 39.7 Å². The maximum atomic E-state index is 12.4. The first kappa shape index (κ1) is 18.7. The summed E-state index contributed by atoms with van der Waals surface area (Å²) in [6.07, 6.45) is 2.20. The fraction of sp³-hybridized carbons (Fsp3) is 0.733. The number of sulfone groups is 1. The molecular formula is C15H27N3O3S. The molecule has 0 aliphatic carbocycles. The zero-order chi connectivity index (χ0) is 17.1. The van der Waals surface area contributed by atoms with Crippen LogP contribution in [0.3, 0.4) is 0 Å². The highest BCUT2D eigenvalue weighted by Gasteiger charge is 2.22. The Morgan fingerprint density at radius 3 is 2.36 bits per heavy atom. The zero-order valence-corrected chi connectivity index (χ0v) is 15.2. The quantitative estimate of drug-likeness (QED) is 0.755. The van der Waals surface area contributed by atoms with E-state index in [1.54, 1.807) is 11.8 Å². The molecule has 126 valence electrons. The van der Waals surface area contributed by atoms with E-state index in [1.807, 2.05) is 32.5 Å². The molecule has 1 heterocycles. The number of hydrogen-bond acceptors (Lipinski definition) is 4. The van der Waals surface area contributed by atoms with Gasteiger partial charge in [0.15, 0.2) is 0 Å². The normalized spacial score (nSPS) is 13.2. The van der Waals surface area contributed by atoms with E-state index in [-0.39, 0.29) is 17.7 Å². The van der Waals surface area contributed by atoms with Crippen molar-refractivity contribution in [2.45, 2.75) is 46.6 Å². The fourth-order valence-corrected chi connectivity index (χ4v) is 3.87. The van der Waals surface area contributed by atoms with Crippen LogP contribution < -0.4 is 0 Å². The Morgan fingerprint density at radius 1 is 1.36 bits per heavy atom. The van der Waals surface area contributed by atoms with Crippen LogP contribution in [0.2, 0.25) is 0 Å². The summed E-state index contributed by atoms with van der Waals surface area (Å²) < 4.78 is 24.6. The van der Waals surface area contributed by atoms with Crippen LogP contribution >= 0.6 is 0 Å². The van der Waals surface area contributed by atoms with Gasteiger partial charge in [0.25, 0.3) is 0 Å². The molecule has 0 radical (unpaired) electrons. The molecule has 1 atom stereocenters. The second kappa shape index (κ2) is 7.26. The molecule has 0 saturated carbocycles. The van der Waals surface area contributed by atoms with Gasteiger partial charge in [-0.15, -0.1) is 0 Å².